The molecule has 0 rings (SSSR count). The lowest BCUT2D eigenvalue weighted by molar-refractivity contribution is -0.167. The summed E-state index contributed by atoms with van der Waals surface area (Å²) >= 11 is 0. The molecule has 6 heteroatoms. The van der Waals surface area contributed by atoms with Gasteiger partial charge in [-0.25, -0.2) is 0 Å². The van der Waals surface area contributed by atoms with Crippen molar-refractivity contribution in [2.24, 2.45) is 0 Å². The first-order valence-electron chi connectivity index (χ1n) is 25.9. The second-order valence-corrected chi connectivity index (χ2v) is 16.4. The molecular formula is C60H92O6. The van der Waals surface area contributed by atoms with Gasteiger partial charge in [0.15, 0.2) is 6.10 Å². The first-order chi connectivity index (χ1) is 32.5. The monoisotopic (exact) mass is 909 g/mol. The highest BCUT2D eigenvalue weighted by Gasteiger charge is 2.19. The van der Waals surface area contributed by atoms with E-state index in [0.717, 1.165) is 122 Å². The van der Waals surface area contributed by atoms with Crippen LogP contribution >= 0.6 is 0 Å². The molecule has 0 bridgehead atoms. The molecule has 0 N–H and O–H groups in total. The van der Waals surface area contributed by atoms with E-state index in [1.54, 1.807) is 0 Å². The van der Waals surface area contributed by atoms with E-state index in [9.17, 15) is 14.4 Å². The summed E-state index contributed by atoms with van der Waals surface area (Å²) in [6.45, 7) is 6.16. The predicted molar refractivity (Wildman–Crippen MR) is 283 cm³/mol. The number of carbonyl (C=O) groups is 3. The van der Waals surface area contributed by atoms with Gasteiger partial charge in [-0.2, -0.15) is 0 Å². The molecule has 0 fully saturated rings. The Labute approximate surface area is 404 Å². The highest BCUT2D eigenvalue weighted by molar-refractivity contribution is 5.71. The first-order valence-corrected chi connectivity index (χ1v) is 25.9. The van der Waals surface area contributed by atoms with Gasteiger partial charge in [0.25, 0.3) is 0 Å². The van der Waals surface area contributed by atoms with E-state index in [1.807, 2.05) is 54.7 Å². The minimum Gasteiger partial charge on any atom is -0.462 e. The molecule has 0 aromatic heterocycles. The molecule has 0 aromatic rings. The largest absolute Gasteiger partial charge is 0.462 e. The van der Waals surface area contributed by atoms with Gasteiger partial charge in [0.1, 0.15) is 13.2 Å². The molecule has 0 aliphatic carbocycles. The number of unbranched alkanes of at least 4 members (excludes halogenated alkanes) is 13. The van der Waals surface area contributed by atoms with Crippen LogP contribution in [0.15, 0.2) is 146 Å². The maximum atomic E-state index is 12.8. The van der Waals surface area contributed by atoms with Crippen LogP contribution in [0.3, 0.4) is 0 Å². The Morgan fingerprint density at radius 3 is 1.08 bits per heavy atom. The van der Waals surface area contributed by atoms with Crippen LogP contribution in [0.2, 0.25) is 0 Å². The van der Waals surface area contributed by atoms with Gasteiger partial charge >= 0.3 is 17.9 Å². The third-order valence-corrected chi connectivity index (χ3v) is 10.2. The highest BCUT2D eigenvalue weighted by atomic mass is 16.6. The van der Waals surface area contributed by atoms with Crippen molar-refractivity contribution in [1.82, 2.24) is 0 Å². The van der Waals surface area contributed by atoms with Gasteiger partial charge in [0.2, 0.25) is 0 Å². The van der Waals surface area contributed by atoms with Gasteiger partial charge in [-0.15, -0.1) is 0 Å². The fourth-order valence-corrected chi connectivity index (χ4v) is 6.42. The minimum absolute atomic E-state index is 0.120. The van der Waals surface area contributed by atoms with Gasteiger partial charge < -0.3 is 14.2 Å². The molecule has 1 unspecified atom stereocenters. The maximum Gasteiger partial charge on any atom is 0.306 e. The predicted octanol–water partition coefficient (Wildman–Crippen LogP) is 17.3. The van der Waals surface area contributed by atoms with E-state index in [2.05, 4.69) is 112 Å². The van der Waals surface area contributed by atoms with Crippen LogP contribution in [0.1, 0.15) is 194 Å². The Morgan fingerprint density at radius 2 is 0.636 bits per heavy atom. The van der Waals surface area contributed by atoms with Gasteiger partial charge in [0.05, 0.1) is 0 Å². The number of hydrogen-bond donors (Lipinski definition) is 0. The Balaban J connectivity index is 4.54. The van der Waals surface area contributed by atoms with Crippen LogP contribution in [0.4, 0.5) is 0 Å². The number of hydrogen-bond acceptors (Lipinski definition) is 6. The van der Waals surface area contributed by atoms with Crippen LogP contribution < -0.4 is 0 Å². The highest BCUT2D eigenvalue weighted by Crippen LogP contribution is 2.13. The molecule has 0 heterocycles. The van der Waals surface area contributed by atoms with E-state index in [1.165, 1.54) is 25.7 Å². The second kappa shape index (κ2) is 52.9. The van der Waals surface area contributed by atoms with E-state index in [0.29, 0.717) is 12.8 Å². The molecule has 0 saturated heterocycles. The summed E-state index contributed by atoms with van der Waals surface area (Å²) in [7, 11) is 0. The minimum atomic E-state index is -0.826. The summed E-state index contributed by atoms with van der Waals surface area (Å²) in [6, 6.07) is 0. The SMILES string of the molecule is CC/C=C/C=C/C=C/C=C/C=C/CCCC(=O)OCC(COC(=O)CCCCCCCC/C=C/C/C=C/C/C=C/C/C=C/CC)OC(=O)CCCCCCCC/C=C/C/C=C/C/C=C/CC. The van der Waals surface area contributed by atoms with Crippen molar-refractivity contribution >= 4 is 17.9 Å². The van der Waals surface area contributed by atoms with Crippen molar-refractivity contribution in [3.63, 3.8) is 0 Å². The zero-order valence-corrected chi connectivity index (χ0v) is 41.9. The van der Waals surface area contributed by atoms with E-state index < -0.39 is 6.10 Å². The van der Waals surface area contributed by atoms with Gasteiger partial charge in [-0.1, -0.05) is 218 Å². The molecule has 0 amide bonds. The first kappa shape index (κ1) is 61.3. The Morgan fingerprint density at radius 1 is 0.318 bits per heavy atom. The molecule has 368 valence electrons. The molecule has 1 atom stereocenters. The molecule has 0 aliphatic rings. The van der Waals surface area contributed by atoms with Gasteiger partial charge in [0, 0.05) is 19.3 Å². The van der Waals surface area contributed by atoms with E-state index >= 15 is 0 Å². The fraction of sp³-hybridized carbons (Fsp3) is 0.550. The van der Waals surface area contributed by atoms with Crippen molar-refractivity contribution in [3.05, 3.63) is 146 Å². The number of allylic oxidation sites excluding steroid dienone is 24. The third kappa shape index (κ3) is 50.3. The van der Waals surface area contributed by atoms with Crippen molar-refractivity contribution in [3.8, 4) is 0 Å². The molecule has 66 heavy (non-hydrogen) atoms. The summed E-state index contributed by atoms with van der Waals surface area (Å²) < 4.78 is 16.7. The Hall–Kier alpha value is -4.71. The van der Waals surface area contributed by atoms with Crippen molar-refractivity contribution in [1.29, 1.82) is 0 Å². The van der Waals surface area contributed by atoms with Gasteiger partial charge in [-0.3, -0.25) is 14.4 Å². The average Bonchev–Trinajstić information content (AvgIpc) is 3.31. The topological polar surface area (TPSA) is 78.9 Å². The molecule has 6 nitrogen and oxygen atoms in total. The summed E-state index contributed by atoms with van der Waals surface area (Å²) in [5, 5.41) is 0. The molecule has 0 radical (unpaired) electrons. The second-order valence-electron chi connectivity index (χ2n) is 16.4. The van der Waals surface area contributed by atoms with E-state index in [4.69, 9.17) is 14.2 Å². The van der Waals surface area contributed by atoms with Crippen LogP contribution in [0, 0.1) is 0 Å². The van der Waals surface area contributed by atoms with Crippen LogP contribution in [0.25, 0.3) is 0 Å². The summed E-state index contributed by atoms with van der Waals surface area (Å²) in [5.41, 5.74) is 0. The summed E-state index contributed by atoms with van der Waals surface area (Å²) in [4.78, 5) is 38.0. The normalized spacial score (nSPS) is 13.3. The third-order valence-electron chi connectivity index (χ3n) is 10.2. The molecule has 0 spiro atoms. The standard InChI is InChI=1S/C60H92O6/c1-4-7-10-13-16-19-22-25-27-29-30-31-33-35-38-41-44-47-50-53-59(62)65-56-57(55-64-58(61)52-49-46-43-40-37-34-24-21-18-15-12-9-6-3)66-60(63)54-51-48-45-42-39-36-32-28-26-23-20-17-14-11-8-5-2/h7-12,15-21,24-28,30-31,34,37,40,43,57H,4-6,13-14,22-23,29,32-33,35-36,38-39,41-42,44-56H2,1-3H3/b10-7+,11-8+,12-9+,18-15+,19-16+,20-17+,24-21+,27-25+,28-26+,31-30+,37-34+,43-40+. The fourth-order valence-electron chi connectivity index (χ4n) is 6.42. The summed E-state index contributed by atoms with van der Waals surface area (Å²) in [5.74, 6) is -1.03. The van der Waals surface area contributed by atoms with Crippen LogP contribution in [-0.4, -0.2) is 37.2 Å². The molecule has 0 aromatic carbocycles. The Kier molecular flexibility index (Phi) is 49.1. The van der Waals surface area contributed by atoms with Gasteiger partial charge in [-0.05, 0) is 103 Å². The Bertz CT molecular complexity index is 1510. The molecule has 0 saturated carbocycles. The van der Waals surface area contributed by atoms with Crippen LogP contribution in [-0.2, 0) is 28.6 Å². The quantitative estimate of drug-likeness (QED) is 0.0199. The molecule has 0 aliphatic heterocycles. The van der Waals surface area contributed by atoms with Crippen molar-refractivity contribution in [2.75, 3.05) is 13.2 Å². The smallest absolute Gasteiger partial charge is 0.306 e. The van der Waals surface area contributed by atoms with E-state index in [-0.39, 0.29) is 44.0 Å². The average molecular weight is 909 g/mol. The zero-order valence-electron chi connectivity index (χ0n) is 41.9. The lowest BCUT2D eigenvalue weighted by atomic mass is 10.1. The molecular weight excluding hydrogens is 817 g/mol. The zero-order chi connectivity index (χ0) is 47.9. The summed E-state index contributed by atoms with van der Waals surface area (Å²) in [6.07, 6.45) is 75.5. The number of esters is 3. The number of carbonyl (C=O) groups excluding carboxylic acids is 3. The van der Waals surface area contributed by atoms with Crippen molar-refractivity contribution in [2.45, 2.75) is 200 Å². The number of rotatable bonds is 44. The van der Waals surface area contributed by atoms with Crippen LogP contribution in [0.5, 0.6) is 0 Å². The van der Waals surface area contributed by atoms with Crippen molar-refractivity contribution < 1.29 is 28.6 Å². The number of ether oxygens (including phenoxy) is 3. The lowest BCUT2D eigenvalue weighted by Crippen LogP contribution is -2.30. The lowest BCUT2D eigenvalue weighted by Gasteiger charge is -2.18. The maximum absolute atomic E-state index is 12.8.